The van der Waals surface area contributed by atoms with Gasteiger partial charge in [0.05, 0.1) is 0 Å². The maximum absolute atomic E-state index is 5.86. The average molecular weight is 301 g/mol. The van der Waals surface area contributed by atoms with E-state index in [0.717, 1.165) is 18.4 Å². The molecule has 3 nitrogen and oxygen atoms in total. The van der Waals surface area contributed by atoms with Crippen LogP contribution in [0.2, 0.25) is 6.04 Å². The molecule has 1 fully saturated rings. The first-order valence-electron chi connectivity index (χ1n) is 8.34. The maximum atomic E-state index is 5.86. The topological polar surface area (TPSA) is 27.7 Å². The van der Waals surface area contributed by atoms with E-state index >= 15 is 0 Å². The minimum atomic E-state index is -2.43. The summed E-state index contributed by atoms with van der Waals surface area (Å²) in [5, 5.41) is 0. The lowest BCUT2D eigenvalue weighted by Crippen LogP contribution is -2.45. The largest absolute Gasteiger partial charge is 0.501 e. The fraction of sp³-hybridized carbons (Fsp3) is 0.875. The molecular weight excluding hydrogens is 268 g/mol. The quantitative estimate of drug-likeness (QED) is 0.437. The summed E-state index contributed by atoms with van der Waals surface area (Å²) in [5.41, 5.74) is 0. The van der Waals surface area contributed by atoms with Crippen LogP contribution in [-0.2, 0) is 13.3 Å². The molecule has 0 atom stereocenters. The van der Waals surface area contributed by atoms with Crippen LogP contribution in [-0.4, -0.2) is 28.6 Å². The van der Waals surface area contributed by atoms with E-state index in [-0.39, 0.29) is 0 Å². The summed E-state index contributed by atoms with van der Waals surface area (Å²) >= 11 is 0. The molecule has 4 heteroatoms. The van der Waals surface area contributed by atoms with Gasteiger partial charge in [0.2, 0.25) is 0 Å². The van der Waals surface area contributed by atoms with Crippen molar-refractivity contribution in [2.24, 2.45) is 5.92 Å². The lowest BCUT2D eigenvalue weighted by molar-refractivity contribution is 0.0716. The molecule has 0 heterocycles. The number of hydrogen-bond donors (Lipinski definition) is 0. The van der Waals surface area contributed by atoms with E-state index in [1.54, 1.807) is 0 Å². The van der Waals surface area contributed by atoms with Crippen LogP contribution >= 0.6 is 0 Å². The van der Waals surface area contributed by atoms with Crippen LogP contribution in [0.3, 0.4) is 0 Å². The van der Waals surface area contributed by atoms with Crippen molar-refractivity contribution in [3.05, 3.63) is 12.2 Å². The van der Waals surface area contributed by atoms with Gasteiger partial charge in [0.1, 0.15) is 0 Å². The van der Waals surface area contributed by atoms with Crippen molar-refractivity contribution in [3.63, 3.8) is 0 Å². The Bertz CT molecular complexity index is 245. The van der Waals surface area contributed by atoms with E-state index in [0.29, 0.717) is 19.8 Å². The zero-order valence-corrected chi connectivity index (χ0v) is 14.5. The SMILES string of the molecule is CCO[Si](CCC=CC1CCCCC1)(OCC)OCC. The van der Waals surface area contributed by atoms with Crippen LogP contribution in [0, 0.1) is 5.92 Å². The molecule has 0 unspecified atom stereocenters. The molecule has 1 aliphatic carbocycles. The van der Waals surface area contributed by atoms with E-state index in [1.807, 2.05) is 20.8 Å². The predicted molar refractivity (Wildman–Crippen MR) is 85.8 cm³/mol. The predicted octanol–water partition coefficient (Wildman–Crippen LogP) is 4.56. The van der Waals surface area contributed by atoms with E-state index in [1.165, 1.54) is 32.1 Å². The van der Waals surface area contributed by atoms with Crippen molar-refractivity contribution in [3.8, 4) is 0 Å². The third kappa shape index (κ3) is 6.53. The first-order valence-corrected chi connectivity index (χ1v) is 10.3. The van der Waals surface area contributed by atoms with Gasteiger partial charge in [-0.2, -0.15) is 0 Å². The minimum absolute atomic E-state index is 0.665. The monoisotopic (exact) mass is 300 g/mol. The molecule has 0 spiro atoms. The van der Waals surface area contributed by atoms with Crippen LogP contribution in [0.4, 0.5) is 0 Å². The average Bonchev–Trinajstić information content (AvgIpc) is 2.46. The summed E-state index contributed by atoms with van der Waals surface area (Å²) in [4.78, 5) is 0. The summed E-state index contributed by atoms with van der Waals surface area (Å²) in [6.07, 6.45) is 12.6. The molecule has 1 saturated carbocycles. The molecule has 0 aliphatic heterocycles. The van der Waals surface area contributed by atoms with E-state index < -0.39 is 8.80 Å². The number of hydrogen-bond acceptors (Lipinski definition) is 3. The first kappa shape index (κ1) is 17.9. The van der Waals surface area contributed by atoms with Gasteiger partial charge in [-0.15, -0.1) is 0 Å². The van der Waals surface area contributed by atoms with Crippen molar-refractivity contribution >= 4 is 8.80 Å². The second-order valence-electron chi connectivity index (χ2n) is 5.35. The van der Waals surface area contributed by atoms with Gasteiger partial charge >= 0.3 is 8.80 Å². The molecule has 0 N–H and O–H groups in total. The molecule has 0 bridgehead atoms. The third-order valence-electron chi connectivity index (χ3n) is 3.77. The van der Waals surface area contributed by atoms with Gasteiger partial charge in [0.25, 0.3) is 0 Å². The molecule has 0 saturated heterocycles. The molecule has 20 heavy (non-hydrogen) atoms. The standard InChI is InChI=1S/C16H32O3Si/c1-4-17-20(18-5-2,19-6-3)15-11-10-14-16-12-8-7-9-13-16/h10,14,16H,4-9,11-13,15H2,1-3H3. The Labute approximate surface area is 126 Å². The molecule has 0 amide bonds. The zero-order chi connectivity index (χ0) is 14.7. The summed E-state index contributed by atoms with van der Waals surface area (Å²) in [6.45, 7) is 8.03. The maximum Gasteiger partial charge on any atom is 0.501 e. The van der Waals surface area contributed by atoms with Crippen molar-refractivity contribution in [2.45, 2.75) is 65.3 Å². The lowest BCUT2D eigenvalue weighted by atomic mass is 9.89. The Morgan fingerprint density at radius 1 is 0.900 bits per heavy atom. The van der Waals surface area contributed by atoms with Crippen molar-refractivity contribution in [1.29, 1.82) is 0 Å². The van der Waals surface area contributed by atoms with Gasteiger partial charge in [0.15, 0.2) is 0 Å². The lowest BCUT2D eigenvalue weighted by Gasteiger charge is -2.28. The third-order valence-corrected chi connectivity index (χ3v) is 6.85. The smallest absolute Gasteiger partial charge is 0.374 e. The first-order chi connectivity index (χ1) is 9.76. The summed E-state index contributed by atoms with van der Waals surface area (Å²) in [7, 11) is -2.43. The fourth-order valence-corrected chi connectivity index (χ4v) is 5.40. The summed E-state index contributed by atoms with van der Waals surface area (Å²) < 4.78 is 17.6. The Hall–Kier alpha value is -0.163. The molecule has 1 aliphatic rings. The molecule has 118 valence electrons. The molecule has 0 aromatic heterocycles. The molecule has 0 aromatic rings. The highest BCUT2D eigenvalue weighted by Crippen LogP contribution is 2.25. The Kier molecular flexibility index (Phi) is 9.43. The van der Waals surface area contributed by atoms with Gasteiger partial charge in [-0.3, -0.25) is 0 Å². The highest BCUT2D eigenvalue weighted by atomic mass is 28.4. The van der Waals surface area contributed by atoms with Gasteiger partial charge in [0, 0.05) is 25.9 Å². The Balaban J connectivity index is 2.41. The van der Waals surface area contributed by atoms with Crippen LogP contribution in [0.1, 0.15) is 59.3 Å². The number of allylic oxidation sites excluding steroid dienone is 2. The van der Waals surface area contributed by atoms with Gasteiger partial charge in [-0.25, -0.2) is 0 Å². The van der Waals surface area contributed by atoms with E-state index in [9.17, 15) is 0 Å². The summed E-state index contributed by atoms with van der Waals surface area (Å²) in [5.74, 6) is 0.797. The second kappa shape index (κ2) is 10.5. The normalized spacial score (nSPS) is 17.9. The van der Waals surface area contributed by atoms with Gasteiger partial charge in [-0.1, -0.05) is 31.4 Å². The minimum Gasteiger partial charge on any atom is -0.374 e. The van der Waals surface area contributed by atoms with Gasteiger partial charge in [-0.05, 0) is 46.0 Å². The number of rotatable bonds is 10. The molecular formula is C16H32O3Si. The molecule has 0 aromatic carbocycles. The Morgan fingerprint density at radius 3 is 1.95 bits per heavy atom. The van der Waals surface area contributed by atoms with E-state index in [2.05, 4.69) is 12.2 Å². The molecule has 1 rings (SSSR count). The van der Waals surface area contributed by atoms with Crippen molar-refractivity contribution < 1.29 is 13.3 Å². The zero-order valence-electron chi connectivity index (χ0n) is 13.5. The molecule has 0 radical (unpaired) electrons. The van der Waals surface area contributed by atoms with Crippen LogP contribution in [0.15, 0.2) is 12.2 Å². The highest BCUT2D eigenvalue weighted by Gasteiger charge is 2.39. The van der Waals surface area contributed by atoms with Crippen LogP contribution in [0.25, 0.3) is 0 Å². The highest BCUT2D eigenvalue weighted by molar-refractivity contribution is 6.60. The Morgan fingerprint density at radius 2 is 1.45 bits per heavy atom. The second-order valence-corrected chi connectivity index (χ2v) is 8.08. The van der Waals surface area contributed by atoms with Crippen LogP contribution < -0.4 is 0 Å². The fourth-order valence-electron chi connectivity index (χ4n) is 2.88. The van der Waals surface area contributed by atoms with Crippen molar-refractivity contribution in [1.82, 2.24) is 0 Å². The van der Waals surface area contributed by atoms with Crippen molar-refractivity contribution in [2.75, 3.05) is 19.8 Å². The summed E-state index contributed by atoms with van der Waals surface area (Å²) in [6, 6.07) is 0.895. The van der Waals surface area contributed by atoms with E-state index in [4.69, 9.17) is 13.3 Å². The van der Waals surface area contributed by atoms with Crippen LogP contribution in [0.5, 0.6) is 0 Å². The van der Waals surface area contributed by atoms with Gasteiger partial charge < -0.3 is 13.3 Å².